The summed E-state index contributed by atoms with van der Waals surface area (Å²) in [5, 5.41) is 11.3. The number of carboxylic acid groups (broad SMARTS) is 1. The number of hydrogen-bond donors (Lipinski definition) is 2. The number of amides is 1. The van der Waals surface area contributed by atoms with Crippen molar-refractivity contribution in [3.8, 4) is 0 Å². The van der Waals surface area contributed by atoms with Gasteiger partial charge in [0.25, 0.3) is 0 Å². The Morgan fingerprint density at radius 2 is 2.31 bits per heavy atom. The van der Waals surface area contributed by atoms with Crippen molar-refractivity contribution in [3.63, 3.8) is 0 Å². The number of hydrogen-bond acceptors (Lipinski definition) is 4. The van der Waals surface area contributed by atoms with Crippen LogP contribution in [-0.2, 0) is 19.1 Å². The monoisotopic (exact) mass is 231 g/mol. The van der Waals surface area contributed by atoms with E-state index in [1.165, 1.54) is 7.11 Å². The third-order valence-electron chi connectivity index (χ3n) is 2.52. The Bertz CT molecular complexity index is 268. The SMILES string of the molecule is COCC(NC(=O)C1COC(C)C1)C(=O)O. The maximum atomic E-state index is 11.7. The third kappa shape index (κ3) is 3.46. The Morgan fingerprint density at radius 1 is 1.62 bits per heavy atom. The predicted octanol–water partition coefficient (Wildman–Crippen LogP) is -0.373. The molecule has 1 aliphatic heterocycles. The van der Waals surface area contributed by atoms with Crippen molar-refractivity contribution in [3.05, 3.63) is 0 Å². The van der Waals surface area contributed by atoms with Gasteiger partial charge in [-0.3, -0.25) is 4.79 Å². The molecule has 1 saturated heterocycles. The largest absolute Gasteiger partial charge is 0.480 e. The van der Waals surface area contributed by atoms with Crippen LogP contribution in [0.5, 0.6) is 0 Å². The number of carboxylic acids is 1. The lowest BCUT2D eigenvalue weighted by atomic mass is 10.1. The molecule has 0 aromatic heterocycles. The van der Waals surface area contributed by atoms with E-state index in [0.29, 0.717) is 13.0 Å². The van der Waals surface area contributed by atoms with Crippen molar-refractivity contribution in [1.82, 2.24) is 5.32 Å². The number of carbonyl (C=O) groups excluding carboxylic acids is 1. The minimum absolute atomic E-state index is 0.0375. The fourth-order valence-electron chi connectivity index (χ4n) is 1.63. The molecule has 92 valence electrons. The Hall–Kier alpha value is -1.14. The highest BCUT2D eigenvalue weighted by molar-refractivity contribution is 5.85. The molecule has 0 aromatic rings. The average Bonchev–Trinajstić information content (AvgIpc) is 2.64. The molecule has 6 heteroatoms. The highest BCUT2D eigenvalue weighted by Crippen LogP contribution is 2.19. The molecular weight excluding hydrogens is 214 g/mol. The van der Waals surface area contributed by atoms with E-state index < -0.39 is 12.0 Å². The molecule has 3 unspecified atom stereocenters. The summed E-state index contributed by atoms with van der Waals surface area (Å²) in [5.74, 6) is -1.63. The molecule has 0 bridgehead atoms. The van der Waals surface area contributed by atoms with Gasteiger partial charge in [-0.15, -0.1) is 0 Å². The quantitative estimate of drug-likeness (QED) is 0.674. The first kappa shape index (κ1) is 12.9. The second-order valence-corrected chi connectivity index (χ2v) is 3.93. The third-order valence-corrected chi connectivity index (χ3v) is 2.52. The molecule has 6 nitrogen and oxygen atoms in total. The van der Waals surface area contributed by atoms with Gasteiger partial charge in [-0.05, 0) is 13.3 Å². The van der Waals surface area contributed by atoms with Gasteiger partial charge < -0.3 is 19.9 Å². The maximum absolute atomic E-state index is 11.7. The molecular formula is C10H17NO5. The van der Waals surface area contributed by atoms with E-state index in [-0.39, 0.29) is 24.5 Å². The van der Waals surface area contributed by atoms with Crippen LogP contribution in [0, 0.1) is 5.92 Å². The molecule has 1 heterocycles. The minimum Gasteiger partial charge on any atom is -0.480 e. The van der Waals surface area contributed by atoms with E-state index in [1.54, 1.807) is 0 Å². The fourth-order valence-corrected chi connectivity index (χ4v) is 1.63. The van der Waals surface area contributed by atoms with Gasteiger partial charge in [0, 0.05) is 7.11 Å². The summed E-state index contributed by atoms with van der Waals surface area (Å²) in [6.45, 7) is 2.20. The van der Waals surface area contributed by atoms with Gasteiger partial charge in [0.1, 0.15) is 0 Å². The van der Waals surface area contributed by atoms with Crippen molar-refractivity contribution >= 4 is 11.9 Å². The Labute approximate surface area is 93.9 Å². The molecule has 1 amide bonds. The zero-order chi connectivity index (χ0) is 12.1. The van der Waals surface area contributed by atoms with Gasteiger partial charge in [-0.1, -0.05) is 0 Å². The van der Waals surface area contributed by atoms with Crippen molar-refractivity contribution < 1.29 is 24.2 Å². The van der Waals surface area contributed by atoms with Crippen LogP contribution in [0.2, 0.25) is 0 Å². The lowest BCUT2D eigenvalue weighted by molar-refractivity contribution is -0.144. The first-order chi connectivity index (χ1) is 7.54. The summed E-state index contributed by atoms with van der Waals surface area (Å²) in [4.78, 5) is 22.4. The summed E-state index contributed by atoms with van der Waals surface area (Å²) in [6.07, 6.45) is 0.687. The molecule has 3 atom stereocenters. The summed E-state index contributed by atoms with van der Waals surface area (Å²) < 4.78 is 9.97. The van der Waals surface area contributed by atoms with Gasteiger partial charge in [-0.2, -0.15) is 0 Å². The Kier molecular flexibility index (Phi) is 4.70. The number of rotatable bonds is 5. The summed E-state index contributed by atoms with van der Waals surface area (Å²) in [7, 11) is 1.39. The fraction of sp³-hybridized carbons (Fsp3) is 0.800. The van der Waals surface area contributed by atoms with Crippen molar-refractivity contribution in [2.24, 2.45) is 5.92 Å². The van der Waals surface area contributed by atoms with Gasteiger partial charge in [0.2, 0.25) is 5.91 Å². The van der Waals surface area contributed by atoms with E-state index in [2.05, 4.69) is 5.32 Å². The zero-order valence-electron chi connectivity index (χ0n) is 9.43. The standard InChI is InChI=1S/C10H17NO5/c1-6-3-7(4-16-6)9(12)11-8(5-15-2)10(13)14/h6-8H,3-5H2,1-2H3,(H,11,12)(H,13,14). The molecule has 0 radical (unpaired) electrons. The smallest absolute Gasteiger partial charge is 0.328 e. The molecule has 0 aliphatic carbocycles. The molecule has 2 N–H and O–H groups in total. The normalized spacial score (nSPS) is 26.4. The highest BCUT2D eigenvalue weighted by Gasteiger charge is 2.30. The van der Waals surface area contributed by atoms with Crippen molar-refractivity contribution in [1.29, 1.82) is 0 Å². The predicted molar refractivity (Wildman–Crippen MR) is 55.0 cm³/mol. The Balaban J connectivity index is 2.45. The maximum Gasteiger partial charge on any atom is 0.328 e. The summed E-state index contributed by atoms with van der Waals surface area (Å²) >= 11 is 0. The van der Waals surface area contributed by atoms with E-state index in [0.717, 1.165) is 0 Å². The molecule has 1 rings (SSSR count). The van der Waals surface area contributed by atoms with Gasteiger partial charge >= 0.3 is 5.97 Å². The van der Waals surface area contributed by atoms with Gasteiger partial charge in [0.15, 0.2) is 6.04 Å². The van der Waals surface area contributed by atoms with E-state index in [1.807, 2.05) is 6.92 Å². The lowest BCUT2D eigenvalue weighted by Gasteiger charge is -2.15. The van der Waals surface area contributed by atoms with Crippen molar-refractivity contribution in [2.75, 3.05) is 20.3 Å². The van der Waals surface area contributed by atoms with Crippen LogP contribution >= 0.6 is 0 Å². The van der Waals surface area contributed by atoms with E-state index in [4.69, 9.17) is 14.6 Å². The second-order valence-electron chi connectivity index (χ2n) is 3.93. The zero-order valence-corrected chi connectivity index (χ0v) is 9.43. The number of nitrogens with one attached hydrogen (secondary N) is 1. The summed E-state index contributed by atoms with van der Waals surface area (Å²) in [5.41, 5.74) is 0. The van der Waals surface area contributed by atoms with Gasteiger partial charge in [0.05, 0.1) is 25.2 Å². The number of aliphatic carboxylic acids is 1. The molecule has 1 fully saturated rings. The average molecular weight is 231 g/mol. The Morgan fingerprint density at radius 3 is 2.75 bits per heavy atom. The second kappa shape index (κ2) is 5.81. The van der Waals surface area contributed by atoms with Crippen LogP contribution in [0.25, 0.3) is 0 Å². The number of ether oxygens (including phenoxy) is 2. The van der Waals surface area contributed by atoms with Crippen LogP contribution in [0.3, 0.4) is 0 Å². The van der Waals surface area contributed by atoms with Crippen LogP contribution in [-0.4, -0.2) is 49.5 Å². The molecule has 0 aromatic carbocycles. The van der Waals surface area contributed by atoms with Crippen LogP contribution < -0.4 is 5.32 Å². The van der Waals surface area contributed by atoms with Crippen molar-refractivity contribution in [2.45, 2.75) is 25.5 Å². The minimum atomic E-state index is -1.10. The molecule has 16 heavy (non-hydrogen) atoms. The summed E-state index contributed by atoms with van der Waals surface area (Å²) in [6, 6.07) is -0.992. The number of methoxy groups -OCH3 is 1. The van der Waals surface area contributed by atoms with E-state index in [9.17, 15) is 9.59 Å². The highest BCUT2D eigenvalue weighted by atomic mass is 16.5. The first-order valence-corrected chi connectivity index (χ1v) is 5.18. The first-order valence-electron chi connectivity index (χ1n) is 5.18. The molecule has 1 aliphatic rings. The van der Waals surface area contributed by atoms with E-state index >= 15 is 0 Å². The topological polar surface area (TPSA) is 84.9 Å². The lowest BCUT2D eigenvalue weighted by Crippen LogP contribution is -2.46. The number of carbonyl (C=O) groups is 2. The van der Waals surface area contributed by atoms with Crippen LogP contribution in [0.1, 0.15) is 13.3 Å². The molecule has 0 spiro atoms. The van der Waals surface area contributed by atoms with Crippen LogP contribution in [0.15, 0.2) is 0 Å². The van der Waals surface area contributed by atoms with Gasteiger partial charge in [-0.25, -0.2) is 4.79 Å². The van der Waals surface area contributed by atoms with Crippen LogP contribution in [0.4, 0.5) is 0 Å². The molecule has 0 saturated carbocycles.